The summed E-state index contributed by atoms with van der Waals surface area (Å²) < 4.78 is 15.9. The molecule has 1 N–H and O–H groups in total. The fourth-order valence-corrected chi connectivity index (χ4v) is 2.87. The molecule has 0 saturated heterocycles. The van der Waals surface area contributed by atoms with Crippen LogP contribution < -0.4 is 14.2 Å². The summed E-state index contributed by atoms with van der Waals surface area (Å²) in [5.74, 6) is -3.22. The fraction of sp³-hybridized carbons (Fsp3) is 0.238. The summed E-state index contributed by atoms with van der Waals surface area (Å²) in [7, 11) is 1.08. The maximum Gasteiger partial charge on any atom is 0.422 e. The van der Waals surface area contributed by atoms with E-state index in [9.17, 15) is 19.2 Å². The summed E-state index contributed by atoms with van der Waals surface area (Å²) in [6.45, 7) is 3.79. The number of aromatic carboxylic acids is 1. The molecule has 0 spiro atoms. The number of carboxylic acids is 1. The summed E-state index contributed by atoms with van der Waals surface area (Å²) in [6.07, 6.45) is -0.449. The first-order chi connectivity index (χ1) is 14.1. The third-order valence-corrected chi connectivity index (χ3v) is 4.32. The highest BCUT2D eigenvalue weighted by molar-refractivity contribution is 6.35. The van der Waals surface area contributed by atoms with Gasteiger partial charge < -0.3 is 19.3 Å². The number of likely N-dealkylation sites (N-methyl/N-ethyl adjacent to an activating group) is 1. The van der Waals surface area contributed by atoms with Gasteiger partial charge in [-0.15, -0.1) is 0 Å². The van der Waals surface area contributed by atoms with E-state index in [-0.39, 0.29) is 17.1 Å². The number of ether oxygens (including phenoxy) is 3. The van der Waals surface area contributed by atoms with Crippen LogP contribution in [0.1, 0.15) is 29.8 Å². The van der Waals surface area contributed by atoms with Crippen molar-refractivity contribution in [3.63, 3.8) is 0 Å². The average molecular weight is 413 g/mol. The average Bonchev–Trinajstić information content (AvgIpc) is 3.02. The van der Waals surface area contributed by atoms with Crippen LogP contribution in [0.2, 0.25) is 0 Å². The Labute approximate surface area is 171 Å². The second kappa shape index (κ2) is 7.86. The molecule has 1 heterocycles. The highest BCUT2D eigenvalue weighted by Crippen LogP contribution is 2.41. The molecule has 0 unspecified atom stereocenters. The van der Waals surface area contributed by atoms with E-state index in [1.165, 1.54) is 30.3 Å². The Morgan fingerprint density at radius 2 is 1.70 bits per heavy atom. The second-order valence-electron chi connectivity index (χ2n) is 7.23. The molecule has 2 amide bonds. The van der Waals surface area contributed by atoms with Crippen LogP contribution >= 0.6 is 0 Å². The van der Waals surface area contributed by atoms with Crippen LogP contribution in [0.15, 0.2) is 42.5 Å². The zero-order valence-corrected chi connectivity index (χ0v) is 16.5. The third-order valence-electron chi connectivity index (χ3n) is 4.32. The van der Waals surface area contributed by atoms with Gasteiger partial charge in [0.05, 0.1) is 5.56 Å². The van der Waals surface area contributed by atoms with Gasteiger partial charge in [-0.05, 0) is 44.2 Å². The quantitative estimate of drug-likeness (QED) is 0.463. The number of rotatable bonds is 3. The van der Waals surface area contributed by atoms with Gasteiger partial charge in [0.25, 0.3) is 0 Å². The number of benzene rings is 2. The van der Waals surface area contributed by atoms with Gasteiger partial charge in [0.15, 0.2) is 11.5 Å². The lowest BCUT2D eigenvalue weighted by Gasteiger charge is -2.19. The lowest BCUT2D eigenvalue weighted by Crippen LogP contribution is -2.41. The highest BCUT2D eigenvalue weighted by atomic mass is 16.6. The minimum absolute atomic E-state index is 0.0115. The van der Waals surface area contributed by atoms with E-state index in [1.807, 2.05) is 19.9 Å². The molecule has 0 aliphatic carbocycles. The molecule has 2 aromatic carbocycles. The van der Waals surface area contributed by atoms with Gasteiger partial charge in [-0.25, -0.2) is 19.3 Å². The van der Waals surface area contributed by atoms with E-state index in [0.717, 1.165) is 12.6 Å². The Balaban J connectivity index is 1.65. The minimum atomic E-state index is -1.33. The fourth-order valence-electron chi connectivity index (χ4n) is 2.87. The van der Waals surface area contributed by atoms with E-state index in [0.29, 0.717) is 17.1 Å². The number of nitrogens with zero attached hydrogens (tertiary/aromatic N) is 1. The molecule has 9 heteroatoms. The van der Waals surface area contributed by atoms with Crippen molar-refractivity contribution in [1.29, 1.82) is 0 Å². The molecule has 2 aromatic rings. The zero-order valence-electron chi connectivity index (χ0n) is 16.5. The number of carbonyl (C=O) groups is 4. The maximum atomic E-state index is 12.3. The largest absolute Gasteiger partial charge is 0.483 e. The van der Waals surface area contributed by atoms with Crippen LogP contribution in [0.25, 0.3) is 0 Å². The number of esters is 1. The number of carbonyl (C=O) groups excluding carboxylic acids is 3. The van der Waals surface area contributed by atoms with E-state index in [2.05, 4.69) is 0 Å². The molecule has 9 nitrogen and oxygen atoms in total. The number of hydrogen-bond acceptors (Lipinski definition) is 7. The molecule has 1 aliphatic heterocycles. The Kier molecular flexibility index (Phi) is 5.46. The minimum Gasteiger partial charge on any atom is -0.483 e. The van der Waals surface area contributed by atoms with Gasteiger partial charge >= 0.3 is 23.9 Å². The van der Waals surface area contributed by atoms with Crippen molar-refractivity contribution in [3.8, 4) is 17.2 Å². The van der Waals surface area contributed by atoms with Crippen molar-refractivity contribution >= 4 is 23.9 Å². The molecule has 30 heavy (non-hydrogen) atoms. The van der Waals surface area contributed by atoms with Crippen molar-refractivity contribution in [1.82, 2.24) is 4.90 Å². The summed E-state index contributed by atoms with van der Waals surface area (Å²) in [5.41, 5.74) is 0.401. The predicted molar refractivity (Wildman–Crippen MR) is 103 cm³/mol. The van der Waals surface area contributed by atoms with E-state index >= 15 is 0 Å². The molecule has 0 atom stereocenters. The topological polar surface area (TPSA) is 119 Å². The molecule has 0 aromatic heterocycles. The number of amides is 2. The van der Waals surface area contributed by atoms with Gasteiger partial charge in [-0.1, -0.05) is 12.1 Å². The summed E-state index contributed by atoms with van der Waals surface area (Å²) in [4.78, 5) is 47.9. The van der Waals surface area contributed by atoms with Crippen LogP contribution in [-0.4, -0.2) is 46.6 Å². The van der Waals surface area contributed by atoms with Crippen LogP contribution in [0.5, 0.6) is 17.2 Å². The van der Waals surface area contributed by atoms with E-state index in [4.69, 9.17) is 19.3 Å². The zero-order chi connectivity index (χ0) is 22.1. The number of fused-ring (bicyclic) bond motifs is 1. The summed E-state index contributed by atoms with van der Waals surface area (Å²) in [5, 5.41) is 8.86. The monoisotopic (exact) mass is 413 g/mol. The summed E-state index contributed by atoms with van der Waals surface area (Å²) in [6, 6.07) is 9.94. The Bertz CT molecular complexity index is 1030. The number of hydrogen-bond donors (Lipinski definition) is 1. The Morgan fingerprint density at radius 1 is 1.03 bits per heavy atom. The van der Waals surface area contributed by atoms with Crippen LogP contribution in [0, 0.1) is 0 Å². The molecule has 0 saturated carbocycles. The van der Waals surface area contributed by atoms with Crippen molar-refractivity contribution in [2.24, 2.45) is 0 Å². The van der Waals surface area contributed by atoms with E-state index in [1.54, 1.807) is 6.07 Å². The second-order valence-corrected chi connectivity index (χ2v) is 7.23. The molecule has 0 fully saturated rings. The molecule has 1 aliphatic rings. The lowest BCUT2D eigenvalue weighted by atomic mass is 10.0. The smallest absolute Gasteiger partial charge is 0.422 e. The normalized spacial score (nSPS) is 13.6. The van der Waals surface area contributed by atoms with Gasteiger partial charge in [0.1, 0.15) is 11.4 Å². The Morgan fingerprint density at radius 3 is 2.33 bits per heavy atom. The van der Waals surface area contributed by atoms with Crippen LogP contribution in [-0.2, 0) is 16.0 Å². The first-order valence-electron chi connectivity index (χ1n) is 8.93. The van der Waals surface area contributed by atoms with Crippen LogP contribution in [0.4, 0.5) is 4.79 Å². The predicted octanol–water partition coefficient (Wildman–Crippen LogP) is 2.66. The van der Waals surface area contributed by atoms with Gasteiger partial charge in [0.2, 0.25) is 0 Å². The first kappa shape index (κ1) is 20.8. The SMILES string of the molecule is CN(C(=O)Oc1cccc2c1OC(C)(C)C2)C(=O)C(=O)Oc1ccc(C(=O)O)cc1. The number of carboxylic acid groups (broad SMARTS) is 1. The third kappa shape index (κ3) is 4.40. The molecule has 3 rings (SSSR count). The van der Waals surface area contributed by atoms with Gasteiger partial charge in [-0.3, -0.25) is 4.79 Å². The maximum absolute atomic E-state index is 12.3. The molecule has 156 valence electrons. The van der Waals surface area contributed by atoms with Gasteiger partial charge in [-0.2, -0.15) is 0 Å². The number of para-hydroxylation sites is 1. The van der Waals surface area contributed by atoms with Crippen molar-refractivity contribution in [3.05, 3.63) is 53.6 Å². The molecular formula is C21H19NO8. The molecule has 0 bridgehead atoms. The molecule has 0 radical (unpaired) electrons. The molecular weight excluding hydrogens is 394 g/mol. The highest BCUT2D eigenvalue weighted by Gasteiger charge is 2.34. The standard InChI is InChI=1S/C21H19NO8/c1-21(2)11-13-5-4-6-15(16(13)30-21)29-20(27)22(3)17(23)19(26)28-14-9-7-12(8-10-14)18(24)25/h4-10H,11H2,1-3H3,(H,24,25). The first-order valence-corrected chi connectivity index (χ1v) is 8.93. The Hall–Kier alpha value is -3.88. The van der Waals surface area contributed by atoms with Crippen molar-refractivity contribution in [2.45, 2.75) is 25.9 Å². The van der Waals surface area contributed by atoms with Crippen molar-refractivity contribution < 1.29 is 38.5 Å². The summed E-state index contributed by atoms with van der Waals surface area (Å²) >= 11 is 0. The van der Waals surface area contributed by atoms with Crippen LogP contribution in [0.3, 0.4) is 0 Å². The van der Waals surface area contributed by atoms with Crippen molar-refractivity contribution in [2.75, 3.05) is 7.05 Å². The van der Waals surface area contributed by atoms with E-state index < -0.39 is 29.5 Å². The van der Waals surface area contributed by atoms with Gasteiger partial charge in [0, 0.05) is 19.0 Å². The number of imide groups is 1. The lowest BCUT2D eigenvalue weighted by molar-refractivity contribution is -0.152.